The van der Waals surface area contributed by atoms with Gasteiger partial charge in [-0.2, -0.15) is 0 Å². The monoisotopic (exact) mass is 453 g/mol. The van der Waals surface area contributed by atoms with Gasteiger partial charge in [-0.15, -0.1) is 0 Å². The molecule has 166 valence electrons. The van der Waals surface area contributed by atoms with Crippen LogP contribution in [0.15, 0.2) is 58.2 Å². The van der Waals surface area contributed by atoms with Crippen molar-refractivity contribution in [1.29, 1.82) is 0 Å². The summed E-state index contributed by atoms with van der Waals surface area (Å²) in [6.45, 7) is 3.33. The second-order valence-electron chi connectivity index (χ2n) is 6.95. The van der Waals surface area contributed by atoms with Gasteiger partial charge in [-0.25, -0.2) is 9.78 Å². The highest BCUT2D eigenvalue weighted by atomic mass is 32.2. The Morgan fingerprint density at radius 1 is 1.16 bits per heavy atom. The van der Waals surface area contributed by atoms with Crippen LogP contribution in [0.1, 0.15) is 51.9 Å². The van der Waals surface area contributed by atoms with Gasteiger partial charge in [-0.3, -0.25) is 9.59 Å². The van der Waals surface area contributed by atoms with E-state index in [-0.39, 0.29) is 17.3 Å². The first-order valence-corrected chi connectivity index (χ1v) is 11.0. The number of nitrogens with one attached hydrogen (secondary N) is 1. The van der Waals surface area contributed by atoms with E-state index in [1.807, 2.05) is 13.0 Å². The topological polar surface area (TPSA) is 111 Å². The second kappa shape index (κ2) is 11.2. The van der Waals surface area contributed by atoms with E-state index in [4.69, 9.17) is 9.26 Å². The average Bonchev–Trinajstić information content (AvgIpc) is 3.21. The van der Waals surface area contributed by atoms with Crippen molar-refractivity contribution in [2.45, 2.75) is 37.5 Å². The second-order valence-corrected chi connectivity index (χ2v) is 7.91. The minimum atomic E-state index is -0.631. The Labute approximate surface area is 189 Å². The van der Waals surface area contributed by atoms with E-state index in [9.17, 15) is 14.4 Å². The van der Waals surface area contributed by atoms with Crippen LogP contribution in [0.2, 0.25) is 0 Å². The maximum Gasteiger partial charge on any atom is 0.341 e. The number of carbonyl (C=O) groups is 3. The van der Waals surface area contributed by atoms with Gasteiger partial charge in [0.2, 0.25) is 5.91 Å². The molecular formula is C23H23N3O5S. The van der Waals surface area contributed by atoms with Crippen LogP contribution in [0.4, 0.5) is 5.69 Å². The van der Waals surface area contributed by atoms with Crippen LogP contribution in [0.25, 0.3) is 0 Å². The summed E-state index contributed by atoms with van der Waals surface area (Å²) in [5.74, 6) is 0.129. The Morgan fingerprint density at radius 2 is 1.94 bits per heavy atom. The molecule has 0 saturated heterocycles. The predicted molar refractivity (Wildman–Crippen MR) is 120 cm³/mol. The number of hydrogen-bond acceptors (Lipinski definition) is 8. The van der Waals surface area contributed by atoms with E-state index in [0.717, 1.165) is 12.1 Å². The number of ether oxygens (including phenoxy) is 1. The molecule has 8 nitrogen and oxygen atoms in total. The lowest BCUT2D eigenvalue weighted by Gasteiger charge is -2.08. The fourth-order valence-corrected chi connectivity index (χ4v) is 3.63. The summed E-state index contributed by atoms with van der Waals surface area (Å²) >= 11 is 1.33. The van der Waals surface area contributed by atoms with Crippen LogP contribution in [-0.2, 0) is 15.3 Å². The van der Waals surface area contributed by atoms with E-state index in [2.05, 4.69) is 15.5 Å². The van der Waals surface area contributed by atoms with E-state index < -0.39 is 12.6 Å². The highest BCUT2D eigenvalue weighted by Gasteiger charge is 2.17. The smallest absolute Gasteiger partial charge is 0.341 e. The molecule has 0 spiro atoms. The van der Waals surface area contributed by atoms with Gasteiger partial charge in [-0.1, -0.05) is 23.8 Å². The molecule has 2 heterocycles. The molecule has 0 aliphatic rings. The molecule has 0 unspecified atom stereocenters. The van der Waals surface area contributed by atoms with Crippen molar-refractivity contribution in [2.75, 3.05) is 11.9 Å². The third kappa shape index (κ3) is 6.52. The molecule has 0 aliphatic carbocycles. The first-order valence-electron chi connectivity index (χ1n) is 10.1. The number of rotatable bonds is 10. The molecule has 2 aromatic heterocycles. The molecule has 0 radical (unpaired) electrons. The summed E-state index contributed by atoms with van der Waals surface area (Å²) in [5.41, 5.74) is 2.01. The molecule has 1 amide bonds. The zero-order valence-electron chi connectivity index (χ0n) is 17.8. The number of ketones is 1. The third-order valence-corrected chi connectivity index (χ3v) is 5.37. The van der Waals surface area contributed by atoms with Crippen LogP contribution < -0.4 is 5.32 Å². The number of nitrogens with zero attached hydrogens (tertiary/aromatic N) is 2. The molecule has 0 aliphatic heterocycles. The predicted octanol–water partition coefficient (Wildman–Crippen LogP) is 4.45. The van der Waals surface area contributed by atoms with Crippen molar-refractivity contribution in [2.24, 2.45) is 0 Å². The number of carbonyl (C=O) groups excluding carboxylic acids is 3. The number of benzene rings is 1. The normalized spacial score (nSPS) is 10.6. The van der Waals surface area contributed by atoms with Gasteiger partial charge >= 0.3 is 5.97 Å². The molecule has 0 atom stereocenters. The largest absolute Gasteiger partial charge is 0.454 e. The molecule has 1 N–H and O–H groups in total. The van der Waals surface area contributed by atoms with E-state index in [1.165, 1.54) is 11.8 Å². The summed E-state index contributed by atoms with van der Waals surface area (Å²) in [6, 6.07) is 11.5. The van der Waals surface area contributed by atoms with Gasteiger partial charge in [0, 0.05) is 35.7 Å². The van der Waals surface area contributed by atoms with Gasteiger partial charge in [0.1, 0.15) is 10.8 Å². The number of aromatic nitrogens is 2. The first-order chi connectivity index (χ1) is 15.5. The number of pyridine rings is 1. The lowest BCUT2D eigenvalue weighted by molar-refractivity contribution is -0.116. The number of aryl methyl sites for hydroxylation is 1. The van der Waals surface area contributed by atoms with Crippen LogP contribution in [0.5, 0.6) is 0 Å². The minimum absolute atomic E-state index is 0.0793. The molecule has 9 heteroatoms. The molecule has 0 fully saturated rings. The molecular weight excluding hydrogens is 430 g/mol. The number of amides is 1. The number of anilines is 1. The minimum Gasteiger partial charge on any atom is -0.454 e. The molecule has 1 aromatic carbocycles. The number of thioether (sulfide) groups is 1. The van der Waals surface area contributed by atoms with Crippen LogP contribution in [-0.4, -0.2) is 34.4 Å². The Morgan fingerprint density at radius 3 is 2.62 bits per heavy atom. The van der Waals surface area contributed by atoms with Crippen molar-refractivity contribution in [3.05, 3.63) is 71.2 Å². The number of hydrogen-bond donors (Lipinski definition) is 1. The third-order valence-electron chi connectivity index (χ3n) is 4.33. The first kappa shape index (κ1) is 23.2. The SMILES string of the molecule is CCCC(=O)Nc1ccc(C(=O)COC(=O)c2cccnc2SCc2cc(C)on2)cc1. The molecule has 0 saturated carbocycles. The maximum atomic E-state index is 12.5. The summed E-state index contributed by atoms with van der Waals surface area (Å²) in [4.78, 5) is 40.8. The van der Waals surface area contributed by atoms with Gasteiger partial charge < -0.3 is 14.6 Å². The zero-order chi connectivity index (χ0) is 22.9. The van der Waals surface area contributed by atoms with Crippen LogP contribution in [0, 0.1) is 6.92 Å². The Bertz CT molecular complexity index is 1100. The summed E-state index contributed by atoms with van der Waals surface area (Å²) in [7, 11) is 0. The van der Waals surface area contributed by atoms with Crippen molar-refractivity contribution in [1.82, 2.24) is 10.1 Å². The highest BCUT2D eigenvalue weighted by Crippen LogP contribution is 2.24. The van der Waals surface area contributed by atoms with Crippen LogP contribution in [0.3, 0.4) is 0 Å². The Kier molecular flexibility index (Phi) is 8.15. The van der Waals surface area contributed by atoms with Gasteiger partial charge in [0.25, 0.3) is 0 Å². The Balaban J connectivity index is 1.56. The van der Waals surface area contributed by atoms with E-state index in [1.54, 1.807) is 49.5 Å². The fourth-order valence-electron chi connectivity index (χ4n) is 2.77. The standard InChI is InChI=1S/C23H23N3O5S/c1-3-5-21(28)25-17-9-7-16(8-10-17)20(27)13-30-23(29)19-6-4-11-24-22(19)32-14-18-12-15(2)31-26-18/h4,6-12H,3,5,13-14H2,1-2H3,(H,25,28). The van der Waals surface area contributed by atoms with Crippen molar-refractivity contribution in [3.63, 3.8) is 0 Å². The average molecular weight is 454 g/mol. The van der Waals surface area contributed by atoms with Crippen molar-refractivity contribution >= 4 is 35.1 Å². The van der Waals surface area contributed by atoms with Gasteiger partial charge in [0.15, 0.2) is 12.4 Å². The number of Topliss-reactive ketones (excluding diaryl/α,β-unsaturated/α-hetero) is 1. The Hall–Kier alpha value is -3.46. The molecule has 32 heavy (non-hydrogen) atoms. The lowest BCUT2D eigenvalue weighted by Crippen LogP contribution is -2.15. The van der Waals surface area contributed by atoms with Crippen molar-refractivity contribution in [3.8, 4) is 0 Å². The van der Waals surface area contributed by atoms with E-state index >= 15 is 0 Å². The summed E-state index contributed by atoms with van der Waals surface area (Å²) in [6.07, 6.45) is 2.77. The molecule has 3 aromatic rings. The molecule has 0 bridgehead atoms. The highest BCUT2D eigenvalue weighted by molar-refractivity contribution is 7.98. The lowest BCUT2D eigenvalue weighted by atomic mass is 10.1. The molecule has 3 rings (SSSR count). The van der Waals surface area contributed by atoms with Crippen molar-refractivity contribution < 1.29 is 23.6 Å². The van der Waals surface area contributed by atoms with Gasteiger partial charge in [0.05, 0.1) is 11.3 Å². The van der Waals surface area contributed by atoms with Crippen LogP contribution >= 0.6 is 11.8 Å². The van der Waals surface area contributed by atoms with E-state index in [0.29, 0.717) is 34.2 Å². The maximum absolute atomic E-state index is 12.5. The zero-order valence-corrected chi connectivity index (χ0v) is 18.6. The quantitative estimate of drug-likeness (QED) is 0.272. The number of esters is 1. The summed E-state index contributed by atoms with van der Waals surface area (Å²) < 4.78 is 10.3. The fraction of sp³-hybridized carbons (Fsp3) is 0.261. The summed E-state index contributed by atoms with van der Waals surface area (Å²) in [5, 5.41) is 7.16. The van der Waals surface area contributed by atoms with Gasteiger partial charge in [-0.05, 0) is 49.7 Å².